The number of halogens is 1. The van der Waals surface area contributed by atoms with Gasteiger partial charge in [0.15, 0.2) is 16.6 Å². The Labute approximate surface area is 268 Å². The fourth-order valence-electron chi connectivity index (χ4n) is 5.77. The number of amides is 1. The van der Waals surface area contributed by atoms with Crippen LogP contribution in [0.4, 0.5) is 5.13 Å². The first-order valence-corrected chi connectivity index (χ1v) is 15.5. The number of aliphatic hydroxyl groups excluding tert-OH is 1. The summed E-state index contributed by atoms with van der Waals surface area (Å²) in [5, 5.41) is 12.6. The van der Waals surface area contributed by atoms with Crippen LogP contribution in [0.25, 0.3) is 16.0 Å². The van der Waals surface area contributed by atoms with Crippen molar-refractivity contribution in [1.82, 2.24) is 4.98 Å². The van der Waals surface area contributed by atoms with E-state index in [2.05, 4.69) is 4.98 Å². The number of nitrogens with zero attached hydrogens (tertiary/aromatic N) is 2. The number of thiazole rings is 1. The molecule has 226 valence electrons. The molecule has 0 bridgehead atoms. The summed E-state index contributed by atoms with van der Waals surface area (Å²) >= 11 is 7.47. The van der Waals surface area contributed by atoms with Crippen molar-refractivity contribution in [1.29, 1.82) is 0 Å². The van der Waals surface area contributed by atoms with E-state index in [0.29, 0.717) is 51.3 Å². The van der Waals surface area contributed by atoms with E-state index in [9.17, 15) is 14.7 Å². The summed E-state index contributed by atoms with van der Waals surface area (Å²) < 4.78 is 18.3. The van der Waals surface area contributed by atoms with Crippen LogP contribution in [0.15, 0.2) is 90.5 Å². The highest BCUT2D eigenvalue weighted by Gasteiger charge is 2.48. The molecule has 0 radical (unpaired) electrons. The van der Waals surface area contributed by atoms with Gasteiger partial charge < -0.3 is 19.3 Å². The number of carbonyl (C=O) groups is 2. The first-order chi connectivity index (χ1) is 21.8. The first kappa shape index (κ1) is 28.9. The zero-order valence-corrected chi connectivity index (χ0v) is 25.9. The maximum Gasteiger partial charge on any atom is 0.301 e. The van der Waals surface area contributed by atoms with Gasteiger partial charge in [0.25, 0.3) is 5.78 Å². The average molecular weight is 639 g/mol. The smallest absolute Gasteiger partial charge is 0.301 e. The molecule has 0 aliphatic carbocycles. The Morgan fingerprint density at radius 1 is 1.04 bits per heavy atom. The molecule has 4 aromatic carbocycles. The lowest BCUT2D eigenvalue weighted by Crippen LogP contribution is -2.29. The zero-order valence-electron chi connectivity index (χ0n) is 24.3. The maximum atomic E-state index is 13.8. The minimum absolute atomic E-state index is 0.00519. The van der Waals surface area contributed by atoms with Crippen LogP contribution in [0, 0.1) is 0 Å². The lowest BCUT2D eigenvalue weighted by atomic mass is 9.94. The van der Waals surface area contributed by atoms with Crippen molar-refractivity contribution in [3.63, 3.8) is 0 Å². The molecule has 7 rings (SSSR count). The summed E-state index contributed by atoms with van der Waals surface area (Å²) in [7, 11) is 1.52. The van der Waals surface area contributed by atoms with Gasteiger partial charge in [0.05, 0.1) is 28.9 Å². The number of carbonyl (C=O) groups excluding carboxylic acids is 2. The fraction of sp³-hybridized carbons (Fsp3) is 0.171. The second-order valence-electron chi connectivity index (χ2n) is 10.9. The van der Waals surface area contributed by atoms with Crippen LogP contribution in [0.5, 0.6) is 17.2 Å². The molecule has 2 aliphatic heterocycles. The average Bonchev–Trinajstić information content (AvgIpc) is 3.71. The number of hydrogen-bond acceptors (Lipinski definition) is 8. The van der Waals surface area contributed by atoms with Crippen molar-refractivity contribution in [2.45, 2.75) is 32.1 Å². The summed E-state index contributed by atoms with van der Waals surface area (Å²) in [4.78, 5) is 33.6. The van der Waals surface area contributed by atoms with Gasteiger partial charge in [-0.05, 0) is 72.1 Å². The van der Waals surface area contributed by atoms with E-state index in [1.54, 1.807) is 54.6 Å². The van der Waals surface area contributed by atoms with Crippen LogP contribution in [0.1, 0.15) is 35.2 Å². The molecule has 1 fully saturated rings. The van der Waals surface area contributed by atoms with Crippen molar-refractivity contribution in [3.8, 4) is 17.2 Å². The van der Waals surface area contributed by atoms with Crippen LogP contribution in [0.3, 0.4) is 0 Å². The number of ether oxygens (including phenoxy) is 3. The van der Waals surface area contributed by atoms with Crippen molar-refractivity contribution in [3.05, 3.63) is 118 Å². The lowest BCUT2D eigenvalue weighted by molar-refractivity contribution is -0.132. The second-order valence-corrected chi connectivity index (χ2v) is 12.4. The van der Waals surface area contributed by atoms with Crippen LogP contribution >= 0.6 is 22.9 Å². The monoisotopic (exact) mass is 638 g/mol. The van der Waals surface area contributed by atoms with Gasteiger partial charge in [0.1, 0.15) is 24.2 Å². The number of benzene rings is 4. The SMILES string of the molecule is COc1cc([C@H]2/C(=C(\O)c3ccc4c(c3)C[C@H](C)O4)C(=O)C(=O)N2c2nc3ccc(Cl)cc3s2)ccc1OCc1ccccc1. The molecular formula is C35H27ClN2O6S. The van der Waals surface area contributed by atoms with Gasteiger partial charge in [-0.25, -0.2) is 4.98 Å². The third kappa shape index (κ3) is 5.28. The molecule has 0 saturated carbocycles. The third-order valence-electron chi connectivity index (χ3n) is 7.90. The van der Waals surface area contributed by atoms with Crippen molar-refractivity contribution >= 4 is 55.7 Å². The highest BCUT2D eigenvalue weighted by molar-refractivity contribution is 7.22. The van der Waals surface area contributed by atoms with Crippen LogP contribution < -0.4 is 19.1 Å². The van der Waals surface area contributed by atoms with Crippen LogP contribution in [-0.2, 0) is 22.6 Å². The Hall–Kier alpha value is -4.86. The molecule has 1 amide bonds. The number of anilines is 1. The molecule has 1 aromatic heterocycles. The molecule has 8 nitrogen and oxygen atoms in total. The Kier molecular flexibility index (Phi) is 7.43. The van der Waals surface area contributed by atoms with Crippen molar-refractivity contribution in [2.75, 3.05) is 12.0 Å². The van der Waals surface area contributed by atoms with Gasteiger partial charge in [-0.3, -0.25) is 14.5 Å². The number of aliphatic hydroxyl groups is 1. The minimum atomic E-state index is -0.999. The van der Waals surface area contributed by atoms with E-state index in [1.807, 2.05) is 37.3 Å². The Balaban J connectivity index is 1.35. The van der Waals surface area contributed by atoms with E-state index >= 15 is 0 Å². The van der Waals surface area contributed by atoms with E-state index in [-0.39, 0.29) is 17.4 Å². The molecule has 1 N–H and O–H groups in total. The van der Waals surface area contributed by atoms with Crippen molar-refractivity contribution < 1.29 is 28.9 Å². The fourth-order valence-corrected chi connectivity index (χ4v) is 7.04. The van der Waals surface area contributed by atoms with Gasteiger partial charge in [-0.15, -0.1) is 0 Å². The first-order valence-electron chi connectivity index (χ1n) is 14.3. The third-order valence-corrected chi connectivity index (χ3v) is 9.15. The number of aromatic nitrogens is 1. The van der Waals surface area contributed by atoms with E-state index in [0.717, 1.165) is 21.6 Å². The quantitative estimate of drug-likeness (QED) is 0.112. The number of Topliss-reactive ketones (excluding diaryl/α,β-unsaturated/α-hetero) is 1. The Morgan fingerprint density at radius 3 is 2.67 bits per heavy atom. The van der Waals surface area contributed by atoms with Crippen LogP contribution in [0.2, 0.25) is 5.02 Å². The van der Waals surface area contributed by atoms with Crippen LogP contribution in [-0.4, -0.2) is 35.0 Å². The number of fused-ring (bicyclic) bond motifs is 2. The van der Waals surface area contributed by atoms with Gasteiger partial charge in [-0.2, -0.15) is 0 Å². The van der Waals surface area contributed by atoms with E-state index < -0.39 is 17.7 Å². The maximum absolute atomic E-state index is 13.8. The largest absolute Gasteiger partial charge is 0.507 e. The van der Waals surface area contributed by atoms with E-state index in [1.165, 1.54) is 23.3 Å². The molecule has 0 unspecified atom stereocenters. The number of methoxy groups -OCH3 is 1. The highest BCUT2D eigenvalue weighted by Crippen LogP contribution is 2.46. The normalized spacial score (nSPS) is 18.7. The lowest BCUT2D eigenvalue weighted by Gasteiger charge is -2.24. The zero-order chi connectivity index (χ0) is 31.2. The molecular weight excluding hydrogens is 612 g/mol. The standard InChI is InChI=1S/C35H27ClN2O6S/c1-19-14-23-15-22(9-12-26(23)44-19)32(39)30-31(21-8-13-27(28(16-21)42-2)43-18-20-6-4-3-5-7-20)38(34(41)33(30)40)35-37-25-11-10-24(36)17-29(25)45-35/h3-13,15-17,19,31,39H,14,18H2,1-2H3/b32-30+/t19-,31-/m0/s1. The second kappa shape index (κ2) is 11.6. The van der Waals surface area contributed by atoms with Gasteiger partial charge >= 0.3 is 5.91 Å². The summed E-state index contributed by atoms with van der Waals surface area (Å²) in [6.45, 7) is 2.29. The highest BCUT2D eigenvalue weighted by atomic mass is 35.5. The summed E-state index contributed by atoms with van der Waals surface area (Å²) in [6.07, 6.45) is 0.676. The van der Waals surface area contributed by atoms with Gasteiger partial charge in [0.2, 0.25) is 0 Å². The molecule has 45 heavy (non-hydrogen) atoms. The summed E-state index contributed by atoms with van der Waals surface area (Å²) in [5.41, 5.74) is 3.44. The predicted octanol–water partition coefficient (Wildman–Crippen LogP) is 7.49. The van der Waals surface area contributed by atoms with Gasteiger partial charge in [-0.1, -0.05) is 59.3 Å². The topological polar surface area (TPSA) is 98.2 Å². The number of hydrogen-bond donors (Lipinski definition) is 1. The Bertz CT molecular complexity index is 2010. The predicted molar refractivity (Wildman–Crippen MR) is 173 cm³/mol. The molecule has 0 spiro atoms. The summed E-state index contributed by atoms with van der Waals surface area (Å²) in [5.74, 6) is -0.259. The molecule has 2 aliphatic rings. The van der Waals surface area contributed by atoms with Crippen molar-refractivity contribution in [2.24, 2.45) is 0 Å². The number of ketones is 1. The minimum Gasteiger partial charge on any atom is -0.507 e. The number of rotatable bonds is 7. The molecule has 3 heterocycles. The summed E-state index contributed by atoms with van der Waals surface area (Å²) in [6, 6.07) is 24.5. The Morgan fingerprint density at radius 2 is 1.87 bits per heavy atom. The molecule has 10 heteroatoms. The molecule has 1 saturated heterocycles. The molecule has 2 atom stereocenters. The molecule has 5 aromatic rings. The van der Waals surface area contributed by atoms with E-state index in [4.69, 9.17) is 25.8 Å². The van der Waals surface area contributed by atoms with Gasteiger partial charge in [0, 0.05) is 17.0 Å².